The Hall–Kier alpha value is -1.43. The van der Waals surface area contributed by atoms with Gasteiger partial charge in [0.2, 0.25) is 0 Å². The minimum atomic E-state index is -3.33. The van der Waals surface area contributed by atoms with E-state index in [4.69, 9.17) is 11.6 Å². The van der Waals surface area contributed by atoms with Gasteiger partial charge in [-0.3, -0.25) is 0 Å². The molecule has 0 fully saturated rings. The van der Waals surface area contributed by atoms with Crippen molar-refractivity contribution in [2.75, 3.05) is 6.26 Å². The van der Waals surface area contributed by atoms with Crippen molar-refractivity contribution in [2.24, 2.45) is 0 Å². The Bertz CT molecular complexity index is 759. The molecule has 1 unspecified atom stereocenters. The van der Waals surface area contributed by atoms with Gasteiger partial charge in [-0.2, -0.15) is 0 Å². The fourth-order valence-corrected chi connectivity index (χ4v) is 2.75. The Morgan fingerprint density at radius 2 is 1.95 bits per heavy atom. The Kier molecular flexibility index (Phi) is 4.66. The van der Waals surface area contributed by atoms with Crippen molar-refractivity contribution in [3.05, 3.63) is 64.4 Å². The van der Waals surface area contributed by atoms with E-state index in [1.807, 2.05) is 0 Å². The fraction of sp³-hybridized carbons (Fsp3) is 0.200. The molecule has 0 saturated heterocycles. The van der Waals surface area contributed by atoms with E-state index in [0.717, 1.165) is 6.26 Å². The molecule has 1 N–H and O–H groups in total. The number of benzene rings is 2. The molecule has 2 aromatic carbocycles. The van der Waals surface area contributed by atoms with E-state index in [9.17, 15) is 17.9 Å². The van der Waals surface area contributed by atoms with E-state index in [0.29, 0.717) is 11.1 Å². The van der Waals surface area contributed by atoms with Crippen molar-refractivity contribution in [3.63, 3.8) is 0 Å². The molecule has 0 aliphatic carbocycles. The fourth-order valence-electron chi connectivity index (χ4n) is 1.96. The van der Waals surface area contributed by atoms with Crippen LogP contribution in [0.5, 0.6) is 0 Å². The van der Waals surface area contributed by atoms with Gasteiger partial charge >= 0.3 is 0 Å². The molecule has 1 atom stereocenters. The molecule has 112 valence electrons. The van der Waals surface area contributed by atoms with Gasteiger partial charge in [0.1, 0.15) is 5.82 Å². The van der Waals surface area contributed by atoms with Crippen LogP contribution in [0.1, 0.15) is 17.2 Å². The second-order valence-electron chi connectivity index (χ2n) is 4.81. The molecule has 0 aromatic heterocycles. The second-order valence-corrected chi connectivity index (χ2v) is 7.24. The molecular weight excluding hydrogens is 315 g/mol. The van der Waals surface area contributed by atoms with Crippen molar-refractivity contribution >= 4 is 21.4 Å². The van der Waals surface area contributed by atoms with Gasteiger partial charge in [0.15, 0.2) is 9.84 Å². The summed E-state index contributed by atoms with van der Waals surface area (Å²) in [7, 11) is -3.33. The average Bonchev–Trinajstić information content (AvgIpc) is 2.42. The third-order valence-corrected chi connectivity index (χ3v) is 4.50. The zero-order chi connectivity index (χ0) is 15.6. The van der Waals surface area contributed by atoms with Crippen molar-refractivity contribution < 1.29 is 17.9 Å². The van der Waals surface area contributed by atoms with Gasteiger partial charge in [-0.1, -0.05) is 29.8 Å². The number of sulfone groups is 1. The summed E-state index contributed by atoms with van der Waals surface area (Å²) in [5.41, 5.74) is 1.04. The Balaban J connectivity index is 2.24. The van der Waals surface area contributed by atoms with Crippen LogP contribution < -0.4 is 0 Å². The van der Waals surface area contributed by atoms with Crippen LogP contribution >= 0.6 is 11.6 Å². The first kappa shape index (κ1) is 15.9. The molecule has 21 heavy (non-hydrogen) atoms. The lowest BCUT2D eigenvalue weighted by Crippen LogP contribution is -2.04. The SMILES string of the molecule is CS(=O)(=O)c1cccc(C(O)Cc2ccc(Cl)c(F)c2)c1. The quantitative estimate of drug-likeness (QED) is 0.938. The predicted molar refractivity (Wildman–Crippen MR) is 79.6 cm³/mol. The largest absolute Gasteiger partial charge is 0.388 e. The van der Waals surface area contributed by atoms with E-state index in [-0.39, 0.29) is 16.3 Å². The summed E-state index contributed by atoms with van der Waals surface area (Å²) < 4.78 is 36.4. The standard InChI is InChI=1S/C15H14ClFO3S/c1-21(19,20)12-4-2-3-11(9-12)15(18)8-10-5-6-13(16)14(17)7-10/h2-7,9,15,18H,8H2,1H3. The number of hydrogen-bond donors (Lipinski definition) is 1. The van der Waals surface area contributed by atoms with Crippen LogP contribution in [-0.2, 0) is 16.3 Å². The van der Waals surface area contributed by atoms with Crippen molar-refractivity contribution in [2.45, 2.75) is 17.4 Å². The number of rotatable bonds is 4. The molecule has 0 aliphatic rings. The maximum absolute atomic E-state index is 13.4. The smallest absolute Gasteiger partial charge is 0.175 e. The van der Waals surface area contributed by atoms with Crippen LogP contribution in [0.15, 0.2) is 47.4 Å². The lowest BCUT2D eigenvalue weighted by atomic mass is 10.0. The van der Waals surface area contributed by atoms with E-state index in [1.54, 1.807) is 18.2 Å². The van der Waals surface area contributed by atoms with Crippen molar-refractivity contribution in [3.8, 4) is 0 Å². The van der Waals surface area contributed by atoms with E-state index < -0.39 is 21.8 Å². The van der Waals surface area contributed by atoms with Gasteiger partial charge in [-0.25, -0.2) is 12.8 Å². The first-order valence-electron chi connectivity index (χ1n) is 6.19. The summed E-state index contributed by atoms with van der Waals surface area (Å²) in [6.07, 6.45) is 0.348. The molecule has 0 radical (unpaired) electrons. The highest BCUT2D eigenvalue weighted by atomic mass is 35.5. The lowest BCUT2D eigenvalue weighted by Gasteiger charge is -2.12. The second kappa shape index (κ2) is 6.13. The number of aliphatic hydroxyl groups is 1. The predicted octanol–water partition coefficient (Wildman–Crippen LogP) is 3.16. The molecule has 6 heteroatoms. The Morgan fingerprint density at radius 1 is 1.24 bits per heavy atom. The molecule has 3 nitrogen and oxygen atoms in total. The molecule has 0 saturated carbocycles. The number of halogens is 2. The summed E-state index contributed by atoms with van der Waals surface area (Å²) in [6, 6.07) is 10.4. The lowest BCUT2D eigenvalue weighted by molar-refractivity contribution is 0.178. The molecule has 0 bridgehead atoms. The van der Waals surface area contributed by atoms with Crippen LogP contribution in [-0.4, -0.2) is 19.8 Å². The zero-order valence-electron chi connectivity index (χ0n) is 11.3. The summed E-state index contributed by atoms with van der Waals surface area (Å²) in [6.45, 7) is 0. The molecule has 0 heterocycles. The molecule has 2 aromatic rings. The maximum Gasteiger partial charge on any atom is 0.175 e. The van der Waals surface area contributed by atoms with Crippen molar-refractivity contribution in [1.82, 2.24) is 0 Å². The molecule has 0 amide bonds. The summed E-state index contributed by atoms with van der Waals surface area (Å²) in [5, 5.41) is 10.2. The third-order valence-electron chi connectivity index (χ3n) is 3.08. The third kappa shape index (κ3) is 4.03. The Labute approximate surface area is 127 Å². The number of hydrogen-bond acceptors (Lipinski definition) is 3. The summed E-state index contributed by atoms with van der Waals surface area (Å²) in [4.78, 5) is 0.140. The van der Waals surface area contributed by atoms with Crippen LogP contribution in [0, 0.1) is 5.82 Å². The average molecular weight is 329 g/mol. The van der Waals surface area contributed by atoms with E-state index in [2.05, 4.69) is 0 Å². The van der Waals surface area contributed by atoms with Crippen molar-refractivity contribution in [1.29, 1.82) is 0 Å². The highest BCUT2D eigenvalue weighted by Crippen LogP contribution is 2.23. The summed E-state index contributed by atoms with van der Waals surface area (Å²) in [5.74, 6) is -0.550. The van der Waals surface area contributed by atoms with Gasteiger partial charge in [-0.05, 0) is 35.4 Å². The minimum Gasteiger partial charge on any atom is -0.388 e. The van der Waals surface area contributed by atoms with Crippen LogP contribution in [0.3, 0.4) is 0 Å². The van der Waals surface area contributed by atoms with Crippen LogP contribution in [0.2, 0.25) is 5.02 Å². The highest BCUT2D eigenvalue weighted by molar-refractivity contribution is 7.90. The van der Waals surface area contributed by atoms with Crippen LogP contribution in [0.25, 0.3) is 0 Å². The van der Waals surface area contributed by atoms with Gasteiger partial charge in [0.25, 0.3) is 0 Å². The van der Waals surface area contributed by atoms with Gasteiger partial charge < -0.3 is 5.11 Å². The molecule has 2 rings (SSSR count). The minimum absolute atomic E-state index is 0.0207. The topological polar surface area (TPSA) is 54.4 Å². The van der Waals surface area contributed by atoms with Crippen LogP contribution in [0.4, 0.5) is 4.39 Å². The maximum atomic E-state index is 13.4. The van der Waals surface area contributed by atoms with E-state index >= 15 is 0 Å². The molecular formula is C15H14ClFO3S. The zero-order valence-corrected chi connectivity index (χ0v) is 12.8. The van der Waals surface area contributed by atoms with Gasteiger partial charge in [0, 0.05) is 12.7 Å². The van der Waals surface area contributed by atoms with Gasteiger partial charge in [-0.15, -0.1) is 0 Å². The Morgan fingerprint density at radius 3 is 2.57 bits per heavy atom. The first-order valence-corrected chi connectivity index (χ1v) is 8.46. The van der Waals surface area contributed by atoms with E-state index in [1.165, 1.54) is 24.3 Å². The van der Waals surface area contributed by atoms with Gasteiger partial charge in [0.05, 0.1) is 16.0 Å². The summed E-state index contributed by atoms with van der Waals surface area (Å²) >= 11 is 5.60. The normalized spacial score (nSPS) is 13.1. The monoisotopic (exact) mass is 328 g/mol. The highest BCUT2D eigenvalue weighted by Gasteiger charge is 2.13. The molecule has 0 aliphatic heterocycles. The first-order chi connectivity index (χ1) is 9.77. The number of aliphatic hydroxyl groups excluding tert-OH is 1. The molecule has 0 spiro atoms.